The zero-order chi connectivity index (χ0) is 14.7. The number of rotatable bonds is 5. The molecular weight excluding hydrogens is 267 g/mol. The Morgan fingerprint density at radius 2 is 1.26 bits per heavy atom. The van der Waals surface area contributed by atoms with E-state index in [1.807, 2.05) is 13.8 Å². The van der Waals surface area contributed by atoms with E-state index >= 15 is 0 Å². The summed E-state index contributed by atoms with van der Waals surface area (Å²) in [5.74, 6) is -4.43. The summed E-state index contributed by atoms with van der Waals surface area (Å²) in [5.41, 5.74) is 1.18. The van der Waals surface area contributed by atoms with E-state index in [2.05, 4.69) is 5.43 Å². The average molecular weight is 282 g/mol. The van der Waals surface area contributed by atoms with Gasteiger partial charge in [0.2, 0.25) is 5.82 Å². The number of benzene rings is 1. The Morgan fingerprint density at radius 3 is 1.63 bits per heavy atom. The number of hydrogen-bond donors (Lipinski definition) is 2. The number of nitrogens with one attached hydrogen (secondary N) is 1. The standard InChI is InChI=1S/C12H15F5N2/c1-5(2)3-4-6(19-18)7-8(13)10(15)12(17)11(16)9(7)14/h5-6,19H,3-4,18H2,1-2H3. The lowest BCUT2D eigenvalue weighted by Crippen LogP contribution is -2.30. The lowest BCUT2D eigenvalue weighted by atomic mass is 9.97. The molecule has 0 heterocycles. The third kappa shape index (κ3) is 3.22. The molecule has 2 nitrogen and oxygen atoms in total. The van der Waals surface area contributed by atoms with Crippen LogP contribution in [0, 0.1) is 35.0 Å². The van der Waals surface area contributed by atoms with E-state index < -0.39 is 40.7 Å². The lowest BCUT2D eigenvalue weighted by Gasteiger charge is -2.19. The van der Waals surface area contributed by atoms with Crippen LogP contribution in [0.5, 0.6) is 0 Å². The molecule has 0 fully saturated rings. The Morgan fingerprint density at radius 1 is 0.842 bits per heavy atom. The van der Waals surface area contributed by atoms with Crippen molar-refractivity contribution >= 4 is 0 Å². The van der Waals surface area contributed by atoms with Crippen molar-refractivity contribution in [2.45, 2.75) is 32.7 Å². The highest BCUT2D eigenvalue weighted by atomic mass is 19.2. The predicted octanol–water partition coefficient (Wildman–Crippen LogP) is 3.32. The third-order valence-corrected chi connectivity index (χ3v) is 2.83. The lowest BCUT2D eigenvalue weighted by molar-refractivity contribution is 0.346. The maximum absolute atomic E-state index is 13.5. The van der Waals surface area contributed by atoms with Gasteiger partial charge in [-0.2, -0.15) is 0 Å². The van der Waals surface area contributed by atoms with Crippen LogP contribution in [-0.4, -0.2) is 0 Å². The van der Waals surface area contributed by atoms with Crippen LogP contribution in [0.15, 0.2) is 0 Å². The second-order valence-electron chi connectivity index (χ2n) is 4.67. The number of hydrogen-bond acceptors (Lipinski definition) is 2. The minimum Gasteiger partial charge on any atom is -0.271 e. The van der Waals surface area contributed by atoms with Gasteiger partial charge in [0.15, 0.2) is 23.3 Å². The maximum Gasteiger partial charge on any atom is 0.200 e. The minimum atomic E-state index is -2.17. The summed E-state index contributed by atoms with van der Waals surface area (Å²) < 4.78 is 66.1. The third-order valence-electron chi connectivity index (χ3n) is 2.83. The average Bonchev–Trinajstić information content (AvgIpc) is 2.37. The number of halogens is 5. The molecule has 1 aromatic carbocycles. The van der Waals surface area contributed by atoms with Crippen molar-refractivity contribution in [2.75, 3.05) is 0 Å². The summed E-state index contributed by atoms with van der Waals surface area (Å²) >= 11 is 0. The van der Waals surface area contributed by atoms with Gasteiger partial charge in [-0.1, -0.05) is 13.8 Å². The van der Waals surface area contributed by atoms with Gasteiger partial charge in [-0.15, -0.1) is 0 Å². The first-order valence-corrected chi connectivity index (χ1v) is 5.78. The van der Waals surface area contributed by atoms with Gasteiger partial charge in [-0.25, -0.2) is 22.0 Å². The summed E-state index contributed by atoms with van der Waals surface area (Å²) in [4.78, 5) is 0. The van der Waals surface area contributed by atoms with Crippen molar-refractivity contribution in [3.8, 4) is 0 Å². The molecule has 1 atom stereocenters. The van der Waals surface area contributed by atoms with E-state index in [1.54, 1.807) is 0 Å². The van der Waals surface area contributed by atoms with E-state index in [0.717, 1.165) is 0 Å². The Balaban J connectivity index is 3.24. The molecule has 0 aromatic heterocycles. The Labute approximate surface area is 107 Å². The Hall–Kier alpha value is -1.21. The van der Waals surface area contributed by atoms with Crippen LogP contribution >= 0.6 is 0 Å². The molecule has 0 aliphatic heterocycles. The molecule has 1 aromatic rings. The quantitative estimate of drug-likeness (QED) is 0.286. The first-order chi connectivity index (χ1) is 8.81. The molecule has 108 valence electrons. The molecular formula is C12H15F5N2. The molecule has 7 heteroatoms. The van der Waals surface area contributed by atoms with Crippen molar-refractivity contribution in [3.63, 3.8) is 0 Å². The zero-order valence-electron chi connectivity index (χ0n) is 10.5. The summed E-state index contributed by atoms with van der Waals surface area (Å²) in [6.07, 6.45) is 0.681. The van der Waals surface area contributed by atoms with Crippen molar-refractivity contribution in [1.82, 2.24) is 5.43 Å². The summed E-state index contributed by atoms with van der Waals surface area (Å²) in [6, 6.07) is -1.13. The number of hydrazine groups is 1. The smallest absolute Gasteiger partial charge is 0.200 e. The van der Waals surface area contributed by atoms with Gasteiger partial charge in [0.1, 0.15) is 0 Å². The Kier molecular flexibility index (Phi) is 5.25. The van der Waals surface area contributed by atoms with E-state index in [1.165, 1.54) is 0 Å². The Bertz CT molecular complexity index is 433. The van der Waals surface area contributed by atoms with Crippen molar-refractivity contribution in [2.24, 2.45) is 11.8 Å². The maximum atomic E-state index is 13.5. The fourth-order valence-corrected chi connectivity index (χ4v) is 1.74. The molecule has 0 amide bonds. The first-order valence-electron chi connectivity index (χ1n) is 5.78. The monoisotopic (exact) mass is 282 g/mol. The predicted molar refractivity (Wildman–Crippen MR) is 60.4 cm³/mol. The van der Waals surface area contributed by atoms with Crippen molar-refractivity contribution in [3.05, 3.63) is 34.6 Å². The van der Waals surface area contributed by atoms with Gasteiger partial charge >= 0.3 is 0 Å². The van der Waals surface area contributed by atoms with Gasteiger partial charge in [-0.3, -0.25) is 11.3 Å². The molecule has 1 rings (SSSR count). The molecule has 0 radical (unpaired) electrons. The molecule has 0 saturated carbocycles. The largest absolute Gasteiger partial charge is 0.271 e. The fourth-order valence-electron chi connectivity index (χ4n) is 1.74. The van der Waals surface area contributed by atoms with Gasteiger partial charge < -0.3 is 0 Å². The molecule has 0 saturated heterocycles. The first kappa shape index (κ1) is 15.8. The number of nitrogens with two attached hydrogens (primary N) is 1. The fraction of sp³-hybridized carbons (Fsp3) is 0.500. The summed E-state index contributed by atoms with van der Waals surface area (Å²) in [6.45, 7) is 3.73. The highest BCUT2D eigenvalue weighted by Gasteiger charge is 2.29. The van der Waals surface area contributed by atoms with E-state index in [4.69, 9.17) is 5.84 Å². The minimum absolute atomic E-state index is 0.159. The second-order valence-corrected chi connectivity index (χ2v) is 4.67. The highest BCUT2D eigenvalue weighted by Crippen LogP contribution is 2.30. The van der Waals surface area contributed by atoms with E-state index in [9.17, 15) is 22.0 Å². The summed E-state index contributed by atoms with van der Waals surface area (Å²) in [5, 5.41) is 0. The van der Waals surface area contributed by atoms with Crippen LogP contribution in [0.1, 0.15) is 38.3 Å². The molecule has 0 aliphatic rings. The second kappa shape index (κ2) is 6.29. The molecule has 3 N–H and O–H groups in total. The normalized spacial score (nSPS) is 13.1. The van der Waals surface area contributed by atoms with Gasteiger partial charge in [-0.05, 0) is 18.8 Å². The van der Waals surface area contributed by atoms with Crippen LogP contribution in [0.2, 0.25) is 0 Å². The highest BCUT2D eigenvalue weighted by molar-refractivity contribution is 5.27. The van der Waals surface area contributed by atoms with E-state index in [-0.39, 0.29) is 12.3 Å². The van der Waals surface area contributed by atoms with Gasteiger partial charge in [0.05, 0.1) is 6.04 Å². The topological polar surface area (TPSA) is 38.0 Å². The molecule has 19 heavy (non-hydrogen) atoms. The van der Waals surface area contributed by atoms with Crippen molar-refractivity contribution < 1.29 is 22.0 Å². The molecule has 0 aliphatic carbocycles. The molecule has 0 spiro atoms. The van der Waals surface area contributed by atoms with Crippen LogP contribution in [-0.2, 0) is 0 Å². The zero-order valence-corrected chi connectivity index (χ0v) is 10.5. The van der Waals surface area contributed by atoms with Gasteiger partial charge in [0, 0.05) is 5.56 Å². The molecule has 1 unspecified atom stereocenters. The summed E-state index contributed by atoms with van der Waals surface area (Å²) in [7, 11) is 0. The van der Waals surface area contributed by atoms with Crippen LogP contribution in [0.25, 0.3) is 0 Å². The molecule has 0 bridgehead atoms. The van der Waals surface area contributed by atoms with Crippen LogP contribution < -0.4 is 11.3 Å². The van der Waals surface area contributed by atoms with E-state index in [0.29, 0.717) is 6.42 Å². The van der Waals surface area contributed by atoms with Gasteiger partial charge in [0.25, 0.3) is 0 Å². The van der Waals surface area contributed by atoms with Crippen LogP contribution in [0.4, 0.5) is 22.0 Å². The SMILES string of the molecule is CC(C)CCC(NN)c1c(F)c(F)c(F)c(F)c1F. The van der Waals surface area contributed by atoms with Crippen LogP contribution in [0.3, 0.4) is 0 Å². The van der Waals surface area contributed by atoms with Crippen molar-refractivity contribution in [1.29, 1.82) is 0 Å².